The van der Waals surface area contributed by atoms with E-state index in [0.717, 1.165) is 0 Å². The minimum atomic E-state index is -0.402. The van der Waals surface area contributed by atoms with Gasteiger partial charge in [0.25, 0.3) is 0 Å². The van der Waals surface area contributed by atoms with Crippen molar-refractivity contribution in [3.63, 3.8) is 0 Å². The third kappa shape index (κ3) is 3.35. The van der Waals surface area contributed by atoms with Gasteiger partial charge in [0.1, 0.15) is 5.75 Å². The lowest BCUT2D eigenvalue weighted by Gasteiger charge is -2.14. The molecule has 0 aliphatic rings. The largest absolute Gasteiger partial charge is 0.508 e. The lowest BCUT2D eigenvalue weighted by Crippen LogP contribution is -2.35. The fraction of sp³-hybridized carbons (Fsp3) is 0.400. The molecule has 0 saturated heterocycles. The van der Waals surface area contributed by atoms with E-state index in [2.05, 4.69) is 5.32 Å². The van der Waals surface area contributed by atoms with Crippen molar-refractivity contribution < 1.29 is 15.3 Å². The summed E-state index contributed by atoms with van der Waals surface area (Å²) in [5, 5.41) is 30.5. The van der Waals surface area contributed by atoms with Gasteiger partial charge in [-0.3, -0.25) is 0 Å². The number of benzene rings is 1. The maximum Gasteiger partial charge on any atom is 0.121 e. The Bertz CT molecular complexity index is 295. The van der Waals surface area contributed by atoms with Crippen LogP contribution < -0.4 is 5.32 Å². The Morgan fingerprint density at radius 2 is 1.93 bits per heavy atom. The molecule has 0 atom stereocenters. The van der Waals surface area contributed by atoms with E-state index in [1.165, 1.54) is 6.07 Å². The summed E-state index contributed by atoms with van der Waals surface area (Å²) in [7, 11) is 0. The minimum absolute atomic E-state index is 0.102. The van der Waals surface area contributed by atoms with Crippen molar-refractivity contribution in [3.05, 3.63) is 28.8 Å². The van der Waals surface area contributed by atoms with Crippen LogP contribution in [0, 0.1) is 0 Å². The maximum absolute atomic E-state index is 9.50. The molecule has 0 aliphatic heterocycles. The van der Waals surface area contributed by atoms with Gasteiger partial charge in [-0.25, -0.2) is 0 Å². The molecule has 1 rings (SSSR count). The number of nitrogens with one attached hydrogen (secondary N) is 1. The summed E-state index contributed by atoms with van der Waals surface area (Å²) >= 11 is 5.87. The van der Waals surface area contributed by atoms with Gasteiger partial charge < -0.3 is 20.6 Å². The molecule has 0 fully saturated rings. The molecule has 4 nitrogen and oxygen atoms in total. The normalized spacial score (nSPS) is 10.9. The number of halogens is 1. The molecule has 0 bridgehead atoms. The highest BCUT2D eigenvalue weighted by Crippen LogP contribution is 2.24. The number of phenolic OH excluding ortho intramolecular Hbond substituents is 1. The number of hydrogen-bond acceptors (Lipinski definition) is 4. The third-order valence-electron chi connectivity index (χ3n) is 2.10. The molecule has 0 amide bonds. The average Bonchev–Trinajstić information content (AvgIpc) is 2.23. The molecule has 1 aromatic carbocycles. The van der Waals surface area contributed by atoms with Crippen molar-refractivity contribution in [1.82, 2.24) is 5.32 Å². The fourth-order valence-corrected chi connectivity index (χ4v) is 1.39. The predicted molar refractivity (Wildman–Crippen MR) is 57.9 cm³/mol. The van der Waals surface area contributed by atoms with Gasteiger partial charge in [-0.2, -0.15) is 0 Å². The molecule has 15 heavy (non-hydrogen) atoms. The standard InChI is InChI=1S/C10H14ClNO3/c11-9-2-1-3-10(15)8(9)4-12-7(5-13)6-14/h1-3,7,12-15H,4-6H2. The van der Waals surface area contributed by atoms with Crippen LogP contribution in [-0.4, -0.2) is 34.6 Å². The number of aliphatic hydroxyl groups is 2. The zero-order valence-corrected chi connectivity index (χ0v) is 8.91. The van der Waals surface area contributed by atoms with Gasteiger partial charge >= 0.3 is 0 Å². The Hall–Kier alpha value is -0.810. The summed E-state index contributed by atoms with van der Waals surface area (Å²) in [6.45, 7) is -0.0271. The number of hydrogen-bond donors (Lipinski definition) is 4. The van der Waals surface area contributed by atoms with Gasteiger partial charge in [-0.1, -0.05) is 17.7 Å². The lowest BCUT2D eigenvalue weighted by atomic mass is 10.2. The molecule has 0 spiro atoms. The van der Waals surface area contributed by atoms with Crippen LogP contribution in [0.4, 0.5) is 0 Å². The van der Waals surface area contributed by atoms with E-state index in [9.17, 15) is 5.11 Å². The van der Waals surface area contributed by atoms with E-state index in [0.29, 0.717) is 17.1 Å². The molecule has 0 unspecified atom stereocenters. The highest BCUT2D eigenvalue weighted by atomic mass is 35.5. The Morgan fingerprint density at radius 3 is 2.47 bits per heavy atom. The second kappa shape index (κ2) is 5.92. The first-order chi connectivity index (χ1) is 7.19. The Kier molecular flexibility index (Phi) is 4.84. The number of phenols is 1. The molecule has 0 aliphatic carbocycles. The fourth-order valence-electron chi connectivity index (χ4n) is 1.16. The van der Waals surface area contributed by atoms with Crippen LogP contribution in [0.1, 0.15) is 5.56 Å². The topological polar surface area (TPSA) is 72.7 Å². The molecule has 5 heteroatoms. The Labute approximate surface area is 93.1 Å². The molecular weight excluding hydrogens is 218 g/mol. The van der Waals surface area contributed by atoms with Crippen molar-refractivity contribution in [3.8, 4) is 5.75 Å². The SMILES string of the molecule is OCC(CO)NCc1c(O)cccc1Cl. The number of aromatic hydroxyl groups is 1. The van der Waals surface area contributed by atoms with Gasteiger partial charge in [0.2, 0.25) is 0 Å². The first kappa shape index (κ1) is 12.3. The van der Waals surface area contributed by atoms with E-state index in [4.69, 9.17) is 21.8 Å². The molecule has 84 valence electrons. The quantitative estimate of drug-likeness (QED) is 0.595. The molecule has 0 heterocycles. The van der Waals surface area contributed by atoms with E-state index in [1.807, 2.05) is 0 Å². The summed E-state index contributed by atoms with van der Waals surface area (Å²) in [4.78, 5) is 0. The monoisotopic (exact) mass is 231 g/mol. The Balaban J connectivity index is 2.64. The summed E-state index contributed by atoms with van der Waals surface area (Å²) in [6.07, 6.45) is 0. The second-order valence-corrected chi connectivity index (χ2v) is 3.59. The van der Waals surface area contributed by atoms with Gasteiger partial charge in [0.15, 0.2) is 0 Å². The summed E-state index contributed by atoms with van der Waals surface area (Å²) in [6, 6.07) is 4.46. The molecule has 4 N–H and O–H groups in total. The van der Waals surface area contributed by atoms with E-state index in [-0.39, 0.29) is 19.0 Å². The number of aliphatic hydroxyl groups excluding tert-OH is 2. The highest BCUT2D eigenvalue weighted by Gasteiger charge is 2.09. The Morgan fingerprint density at radius 1 is 1.27 bits per heavy atom. The van der Waals surface area contributed by atoms with Gasteiger partial charge in [0, 0.05) is 17.1 Å². The molecule has 0 saturated carbocycles. The van der Waals surface area contributed by atoms with Crippen molar-refractivity contribution in [1.29, 1.82) is 0 Å². The van der Waals surface area contributed by atoms with Crippen molar-refractivity contribution in [2.75, 3.05) is 13.2 Å². The maximum atomic E-state index is 9.50. The van der Waals surface area contributed by atoms with E-state index < -0.39 is 6.04 Å². The molecular formula is C10H14ClNO3. The van der Waals surface area contributed by atoms with Crippen LogP contribution in [0.25, 0.3) is 0 Å². The van der Waals surface area contributed by atoms with Crippen LogP contribution in [0.5, 0.6) is 5.75 Å². The van der Waals surface area contributed by atoms with Gasteiger partial charge in [-0.15, -0.1) is 0 Å². The smallest absolute Gasteiger partial charge is 0.121 e. The van der Waals surface area contributed by atoms with Crippen molar-refractivity contribution >= 4 is 11.6 Å². The molecule has 1 aromatic rings. The van der Waals surface area contributed by atoms with Gasteiger partial charge in [-0.05, 0) is 12.1 Å². The van der Waals surface area contributed by atoms with E-state index in [1.54, 1.807) is 12.1 Å². The predicted octanol–water partition coefficient (Wildman–Crippen LogP) is 0.488. The van der Waals surface area contributed by atoms with Gasteiger partial charge in [0.05, 0.1) is 19.3 Å². The minimum Gasteiger partial charge on any atom is -0.508 e. The van der Waals surface area contributed by atoms with Crippen LogP contribution in [0.15, 0.2) is 18.2 Å². The third-order valence-corrected chi connectivity index (χ3v) is 2.46. The average molecular weight is 232 g/mol. The summed E-state index contributed by atoms with van der Waals surface area (Å²) < 4.78 is 0. The van der Waals surface area contributed by atoms with Crippen LogP contribution in [0.3, 0.4) is 0 Å². The first-order valence-electron chi connectivity index (χ1n) is 4.60. The zero-order chi connectivity index (χ0) is 11.3. The lowest BCUT2D eigenvalue weighted by molar-refractivity contribution is 0.170. The summed E-state index contributed by atoms with van der Waals surface area (Å²) in [5.41, 5.74) is 0.561. The van der Waals surface area contributed by atoms with Crippen molar-refractivity contribution in [2.24, 2.45) is 0 Å². The van der Waals surface area contributed by atoms with Crippen LogP contribution >= 0.6 is 11.6 Å². The number of rotatable bonds is 5. The van der Waals surface area contributed by atoms with Crippen molar-refractivity contribution in [2.45, 2.75) is 12.6 Å². The second-order valence-electron chi connectivity index (χ2n) is 3.18. The molecule has 0 aromatic heterocycles. The highest BCUT2D eigenvalue weighted by molar-refractivity contribution is 6.31. The van der Waals surface area contributed by atoms with Crippen LogP contribution in [0.2, 0.25) is 5.02 Å². The van der Waals surface area contributed by atoms with E-state index >= 15 is 0 Å². The first-order valence-corrected chi connectivity index (χ1v) is 4.98. The molecule has 0 radical (unpaired) electrons. The zero-order valence-electron chi connectivity index (χ0n) is 8.15. The summed E-state index contributed by atoms with van der Waals surface area (Å²) in [5.74, 6) is 0.102. The van der Waals surface area contributed by atoms with Crippen LogP contribution in [-0.2, 0) is 6.54 Å².